The number of amides is 1. The summed E-state index contributed by atoms with van der Waals surface area (Å²) >= 11 is 5.92. The molecule has 5 heteroatoms. The van der Waals surface area contributed by atoms with Gasteiger partial charge >= 0.3 is 0 Å². The molecule has 0 heterocycles. The second kappa shape index (κ2) is 9.39. The zero-order valence-electron chi connectivity index (χ0n) is 15.3. The number of Topliss-reactive ketones (excluding diaryl/α,β-unsaturated/α-hetero) is 1. The second-order valence-electron chi connectivity index (χ2n) is 6.65. The Kier molecular flexibility index (Phi) is 7.22. The van der Waals surface area contributed by atoms with E-state index in [1.54, 1.807) is 18.2 Å². The van der Waals surface area contributed by atoms with E-state index in [1.807, 2.05) is 30.3 Å². The summed E-state index contributed by atoms with van der Waals surface area (Å²) in [6, 6.07) is 14.6. The molecule has 2 aromatic rings. The number of nitrogens with one attached hydrogen (secondary N) is 1. The zero-order chi connectivity index (χ0) is 19.1. The first kappa shape index (κ1) is 20.0. The molecule has 0 aliphatic carbocycles. The van der Waals surface area contributed by atoms with Gasteiger partial charge in [-0.2, -0.15) is 0 Å². The van der Waals surface area contributed by atoms with E-state index in [-0.39, 0.29) is 24.3 Å². The molecule has 26 heavy (non-hydrogen) atoms. The van der Waals surface area contributed by atoms with Gasteiger partial charge in [-0.15, -0.1) is 0 Å². The summed E-state index contributed by atoms with van der Waals surface area (Å²) in [5.74, 6) is 0.396. The third-order valence-electron chi connectivity index (χ3n) is 3.92. The number of ether oxygens (including phenoxy) is 1. The van der Waals surface area contributed by atoms with Crippen LogP contribution in [-0.2, 0) is 4.79 Å². The lowest BCUT2D eigenvalue weighted by atomic mass is 9.97. The van der Waals surface area contributed by atoms with Crippen LogP contribution in [0.15, 0.2) is 48.5 Å². The van der Waals surface area contributed by atoms with Crippen LogP contribution < -0.4 is 10.1 Å². The van der Waals surface area contributed by atoms with E-state index in [4.69, 9.17) is 16.3 Å². The van der Waals surface area contributed by atoms with E-state index >= 15 is 0 Å². The first-order chi connectivity index (χ1) is 12.4. The summed E-state index contributed by atoms with van der Waals surface area (Å²) in [6.07, 6.45) is 0.829. The molecule has 138 valence electrons. The van der Waals surface area contributed by atoms with Crippen molar-refractivity contribution in [2.24, 2.45) is 5.92 Å². The molecule has 2 rings (SSSR count). The van der Waals surface area contributed by atoms with E-state index in [2.05, 4.69) is 19.2 Å². The van der Waals surface area contributed by atoms with Crippen molar-refractivity contribution in [2.45, 2.75) is 33.2 Å². The molecule has 0 aliphatic rings. The Balaban J connectivity index is 2.04. The maximum atomic E-state index is 12.4. The van der Waals surface area contributed by atoms with Gasteiger partial charge in [0, 0.05) is 5.02 Å². The van der Waals surface area contributed by atoms with Crippen LogP contribution in [0.5, 0.6) is 5.75 Å². The van der Waals surface area contributed by atoms with E-state index in [9.17, 15) is 9.59 Å². The van der Waals surface area contributed by atoms with Crippen LogP contribution in [0.2, 0.25) is 5.02 Å². The summed E-state index contributed by atoms with van der Waals surface area (Å²) in [5, 5.41) is 3.47. The molecule has 2 aromatic carbocycles. The lowest BCUT2D eigenvalue weighted by Gasteiger charge is -2.21. The Labute approximate surface area is 159 Å². The maximum Gasteiger partial charge on any atom is 0.258 e. The molecule has 0 spiro atoms. The summed E-state index contributed by atoms with van der Waals surface area (Å²) < 4.78 is 5.57. The van der Waals surface area contributed by atoms with Gasteiger partial charge in [0.15, 0.2) is 12.4 Å². The van der Waals surface area contributed by atoms with Crippen molar-refractivity contribution < 1.29 is 14.3 Å². The highest BCUT2D eigenvalue weighted by molar-refractivity contribution is 6.31. The average Bonchev–Trinajstić information content (AvgIpc) is 2.60. The van der Waals surface area contributed by atoms with Crippen LogP contribution in [0.3, 0.4) is 0 Å². The molecule has 1 amide bonds. The van der Waals surface area contributed by atoms with E-state index in [1.165, 1.54) is 6.92 Å². The van der Waals surface area contributed by atoms with Crippen molar-refractivity contribution >= 4 is 23.3 Å². The third kappa shape index (κ3) is 5.88. The molecule has 0 saturated heterocycles. The van der Waals surface area contributed by atoms with Crippen molar-refractivity contribution in [2.75, 3.05) is 6.61 Å². The topological polar surface area (TPSA) is 55.4 Å². The van der Waals surface area contributed by atoms with Gasteiger partial charge in [0.2, 0.25) is 0 Å². The average molecular weight is 374 g/mol. The Hall–Kier alpha value is -2.33. The SMILES string of the molecule is CC(=O)c1cc(Cl)ccc1OCC(=O)N[C@@H](CC(C)C)c1ccccc1. The van der Waals surface area contributed by atoms with Crippen LogP contribution in [0, 0.1) is 5.92 Å². The smallest absolute Gasteiger partial charge is 0.258 e. The first-order valence-electron chi connectivity index (χ1n) is 8.64. The number of rotatable bonds is 8. The number of ketones is 1. The third-order valence-corrected chi connectivity index (χ3v) is 4.16. The molecule has 0 unspecified atom stereocenters. The molecule has 0 aromatic heterocycles. The molecule has 1 N–H and O–H groups in total. The Bertz CT molecular complexity index is 759. The van der Waals surface area contributed by atoms with Crippen molar-refractivity contribution in [3.05, 3.63) is 64.7 Å². The fourth-order valence-electron chi connectivity index (χ4n) is 2.72. The number of hydrogen-bond acceptors (Lipinski definition) is 3. The van der Waals surface area contributed by atoms with Gasteiger partial charge in [0.05, 0.1) is 11.6 Å². The predicted octanol–water partition coefficient (Wildman–Crippen LogP) is 4.83. The highest BCUT2D eigenvalue weighted by atomic mass is 35.5. The maximum absolute atomic E-state index is 12.4. The van der Waals surface area contributed by atoms with Gasteiger partial charge < -0.3 is 10.1 Å². The first-order valence-corrected chi connectivity index (χ1v) is 9.02. The predicted molar refractivity (Wildman–Crippen MR) is 104 cm³/mol. The van der Waals surface area contributed by atoms with Gasteiger partial charge in [-0.1, -0.05) is 55.8 Å². The van der Waals surface area contributed by atoms with E-state index < -0.39 is 0 Å². The lowest BCUT2D eigenvalue weighted by molar-refractivity contribution is -0.124. The lowest BCUT2D eigenvalue weighted by Crippen LogP contribution is -2.33. The Morgan fingerprint density at radius 2 is 1.81 bits per heavy atom. The standard InChI is InChI=1S/C21H24ClNO3/c1-14(2)11-19(16-7-5-4-6-8-16)23-21(25)13-26-20-10-9-17(22)12-18(20)15(3)24/h4-10,12,14,19H,11,13H2,1-3H3,(H,23,25)/t19-/m0/s1. The molecule has 0 bridgehead atoms. The second-order valence-corrected chi connectivity index (χ2v) is 7.08. The van der Waals surface area contributed by atoms with Crippen molar-refractivity contribution in [3.63, 3.8) is 0 Å². The van der Waals surface area contributed by atoms with Gasteiger partial charge in [0.1, 0.15) is 5.75 Å². The normalized spacial score (nSPS) is 11.9. The minimum atomic E-state index is -0.232. The van der Waals surface area contributed by atoms with Gasteiger partial charge in [-0.05, 0) is 43.0 Å². The highest BCUT2D eigenvalue weighted by Gasteiger charge is 2.17. The highest BCUT2D eigenvalue weighted by Crippen LogP contribution is 2.24. The summed E-state index contributed by atoms with van der Waals surface area (Å²) in [4.78, 5) is 24.1. The van der Waals surface area contributed by atoms with Gasteiger partial charge in [-0.3, -0.25) is 9.59 Å². The molecule has 0 saturated carbocycles. The van der Waals surface area contributed by atoms with Crippen molar-refractivity contribution in [3.8, 4) is 5.75 Å². The van der Waals surface area contributed by atoms with E-state index in [0.717, 1.165) is 12.0 Å². The molecule has 0 aliphatic heterocycles. The largest absolute Gasteiger partial charge is 0.483 e. The number of carbonyl (C=O) groups is 2. The van der Waals surface area contributed by atoms with Crippen molar-refractivity contribution in [1.82, 2.24) is 5.32 Å². The van der Waals surface area contributed by atoms with Crippen LogP contribution in [-0.4, -0.2) is 18.3 Å². The Morgan fingerprint density at radius 3 is 2.42 bits per heavy atom. The summed E-state index contributed by atoms with van der Waals surface area (Å²) in [7, 11) is 0. The fourth-order valence-corrected chi connectivity index (χ4v) is 2.89. The fraction of sp³-hybridized carbons (Fsp3) is 0.333. The Morgan fingerprint density at radius 1 is 1.12 bits per heavy atom. The number of halogens is 1. The molecule has 4 nitrogen and oxygen atoms in total. The molecule has 1 atom stereocenters. The molecule has 0 fully saturated rings. The van der Waals surface area contributed by atoms with Crippen LogP contribution in [0.25, 0.3) is 0 Å². The zero-order valence-corrected chi connectivity index (χ0v) is 16.0. The molecule has 0 radical (unpaired) electrons. The quantitative estimate of drug-likeness (QED) is 0.674. The van der Waals surface area contributed by atoms with Gasteiger partial charge in [0.25, 0.3) is 5.91 Å². The van der Waals surface area contributed by atoms with Crippen LogP contribution >= 0.6 is 11.6 Å². The summed E-state index contributed by atoms with van der Waals surface area (Å²) in [5.41, 5.74) is 1.43. The number of benzene rings is 2. The minimum absolute atomic E-state index is 0.0789. The van der Waals surface area contributed by atoms with E-state index in [0.29, 0.717) is 22.3 Å². The van der Waals surface area contributed by atoms with Crippen molar-refractivity contribution in [1.29, 1.82) is 0 Å². The monoisotopic (exact) mass is 373 g/mol. The number of hydrogen-bond donors (Lipinski definition) is 1. The van der Waals surface area contributed by atoms with Crippen LogP contribution in [0.4, 0.5) is 0 Å². The van der Waals surface area contributed by atoms with Crippen LogP contribution in [0.1, 0.15) is 49.2 Å². The molecular formula is C21H24ClNO3. The summed E-state index contributed by atoms with van der Waals surface area (Å²) in [6.45, 7) is 5.51. The minimum Gasteiger partial charge on any atom is -0.483 e. The van der Waals surface area contributed by atoms with Gasteiger partial charge in [-0.25, -0.2) is 0 Å². The molecular weight excluding hydrogens is 350 g/mol. The number of carbonyl (C=O) groups excluding carboxylic acids is 2.